The van der Waals surface area contributed by atoms with Crippen molar-refractivity contribution in [2.24, 2.45) is 0 Å². The van der Waals surface area contributed by atoms with Crippen LogP contribution in [0.3, 0.4) is 0 Å². The molecule has 2 N–H and O–H groups in total. The summed E-state index contributed by atoms with van der Waals surface area (Å²) in [5.74, 6) is 4.43. The maximum atomic E-state index is 5.84. The zero-order valence-corrected chi connectivity index (χ0v) is 17.5. The van der Waals surface area contributed by atoms with Crippen LogP contribution in [0.25, 0.3) is 10.9 Å². The smallest absolute Gasteiger partial charge is 0.235 e. The molecule has 0 spiro atoms. The molecule has 0 bridgehead atoms. The molecule has 1 aliphatic rings. The van der Waals surface area contributed by atoms with Gasteiger partial charge in [0.05, 0.1) is 23.0 Å². The van der Waals surface area contributed by atoms with Crippen molar-refractivity contribution in [1.82, 2.24) is 20.3 Å². The number of benzene rings is 2. The van der Waals surface area contributed by atoms with E-state index >= 15 is 0 Å². The summed E-state index contributed by atoms with van der Waals surface area (Å²) in [5.41, 5.74) is 3.31. The Morgan fingerprint density at radius 1 is 1.00 bits per heavy atom. The van der Waals surface area contributed by atoms with E-state index in [2.05, 4.69) is 48.5 Å². The highest BCUT2D eigenvalue weighted by molar-refractivity contribution is 5.93. The van der Waals surface area contributed by atoms with Gasteiger partial charge in [-0.25, -0.2) is 15.0 Å². The Hall–Kier alpha value is -4.15. The molecule has 1 saturated heterocycles. The van der Waals surface area contributed by atoms with Gasteiger partial charge in [0.1, 0.15) is 17.9 Å². The third-order valence-electron chi connectivity index (χ3n) is 5.33. The number of rotatable bonds is 5. The van der Waals surface area contributed by atoms with Crippen molar-refractivity contribution >= 4 is 28.1 Å². The minimum absolute atomic E-state index is 0.387. The zero-order valence-electron chi connectivity index (χ0n) is 17.5. The van der Waals surface area contributed by atoms with E-state index in [4.69, 9.17) is 11.2 Å². The number of nitrogens with one attached hydrogen (secondary N) is 2. The van der Waals surface area contributed by atoms with Crippen molar-refractivity contribution < 1.29 is 4.74 Å². The van der Waals surface area contributed by atoms with Crippen LogP contribution in [0.4, 0.5) is 17.2 Å². The van der Waals surface area contributed by atoms with Crippen LogP contribution >= 0.6 is 0 Å². The highest BCUT2D eigenvalue weighted by Crippen LogP contribution is 2.29. The molecular weight excluding hydrogens is 400 g/mol. The average Bonchev–Trinajstić information content (AvgIpc) is 2.86. The molecule has 3 heterocycles. The summed E-state index contributed by atoms with van der Waals surface area (Å²) in [6.07, 6.45) is 8.97. The van der Waals surface area contributed by atoms with Gasteiger partial charge < -0.3 is 20.3 Å². The number of terminal acetylenes is 1. The molecule has 2 aromatic heterocycles. The molecule has 0 amide bonds. The summed E-state index contributed by atoms with van der Waals surface area (Å²) in [6, 6.07) is 17.5. The van der Waals surface area contributed by atoms with E-state index in [1.807, 2.05) is 42.5 Å². The second-order valence-electron chi connectivity index (χ2n) is 7.42. The third-order valence-corrected chi connectivity index (χ3v) is 5.33. The molecule has 1 aliphatic heterocycles. The molecule has 1 fully saturated rings. The lowest BCUT2D eigenvalue weighted by atomic mass is 10.1. The summed E-state index contributed by atoms with van der Waals surface area (Å²) in [5, 5.41) is 7.67. The van der Waals surface area contributed by atoms with Gasteiger partial charge in [0.15, 0.2) is 0 Å². The fraction of sp³-hybridized carbons (Fsp3) is 0.160. The Balaban J connectivity index is 1.44. The highest BCUT2D eigenvalue weighted by atomic mass is 16.5. The first kappa shape index (κ1) is 19.8. The normalized spacial score (nSPS) is 13.5. The minimum Gasteiger partial charge on any atom is -0.438 e. The Bertz CT molecular complexity index is 1280. The molecule has 0 unspecified atom stereocenters. The molecule has 0 radical (unpaired) electrons. The first-order valence-corrected chi connectivity index (χ1v) is 10.5. The number of ether oxygens (including phenoxy) is 1. The minimum atomic E-state index is 0.387. The molecule has 4 aromatic rings. The summed E-state index contributed by atoms with van der Waals surface area (Å²) >= 11 is 0. The molecular formula is C25H22N6O. The van der Waals surface area contributed by atoms with E-state index in [0.29, 0.717) is 23.0 Å². The van der Waals surface area contributed by atoms with Gasteiger partial charge in [-0.3, -0.25) is 0 Å². The van der Waals surface area contributed by atoms with Crippen molar-refractivity contribution in [2.45, 2.75) is 0 Å². The number of nitrogens with zero attached hydrogens (tertiary/aromatic N) is 4. The van der Waals surface area contributed by atoms with Crippen molar-refractivity contribution in [2.75, 3.05) is 36.4 Å². The van der Waals surface area contributed by atoms with Crippen LogP contribution in [-0.2, 0) is 0 Å². The maximum absolute atomic E-state index is 5.84. The standard InChI is InChI=1S/C25H22N6O/c1-2-18-14-19(16-27-25(18)32-21-6-4-3-5-7-21)30-24-22-15-20(31-12-10-26-11-13-31)8-9-23(22)28-17-29-24/h1,3-9,14-17,26H,10-13H2,(H,28,29,30). The molecule has 0 saturated carbocycles. The Labute approximate surface area is 186 Å². The number of anilines is 3. The van der Waals surface area contributed by atoms with Gasteiger partial charge in [-0.15, -0.1) is 6.42 Å². The maximum Gasteiger partial charge on any atom is 0.235 e. The van der Waals surface area contributed by atoms with Crippen LogP contribution in [0.5, 0.6) is 11.6 Å². The number of para-hydroxylation sites is 1. The van der Waals surface area contributed by atoms with Crippen molar-refractivity contribution in [1.29, 1.82) is 0 Å². The second-order valence-corrected chi connectivity index (χ2v) is 7.42. The molecule has 32 heavy (non-hydrogen) atoms. The fourth-order valence-electron chi connectivity index (χ4n) is 3.71. The van der Waals surface area contributed by atoms with Gasteiger partial charge in [0.25, 0.3) is 0 Å². The molecule has 5 rings (SSSR count). The van der Waals surface area contributed by atoms with Gasteiger partial charge in [-0.05, 0) is 36.4 Å². The Morgan fingerprint density at radius 2 is 1.84 bits per heavy atom. The summed E-state index contributed by atoms with van der Waals surface area (Å²) in [6.45, 7) is 3.90. The summed E-state index contributed by atoms with van der Waals surface area (Å²) < 4.78 is 5.84. The van der Waals surface area contributed by atoms with E-state index in [9.17, 15) is 0 Å². The Kier molecular flexibility index (Phi) is 5.52. The highest BCUT2D eigenvalue weighted by Gasteiger charge is 2.13. The lowest BCUT2D eigenvalue weighted by molar-refractivity contribution is 0.461. The number of fused-ring (bicyclic) bond motifs is 1. The molecule has 7 heteroatoms. The van der Waals surface area contributed by atoms with E-state index in [1.54, 1.807) is 12.5 Å². The number of pyridine rings is 1. The van der Waals surface area contributed by atoms with Gasteiger partial charge in [0, 0.05) is 37.3 Å². The van der Waals surface area contributed by atoms with E-state index in [0.717, 1.165) is 48.5 Å². The largest absolute Gasteiger partial charge is 0.438 e. The van der Waals surface area contributed by atoms with Gasteiger partial charge in [-0.2, -0.15) is 0 Å². The topological polar surface area (TPSA) is 75.2 Å². The van der Waals surface area contributed by atoms with Crippen LogP contribution in [-0.4, -0.2) is 41.1 Å². The lowest BCUT2D eigenvalue weighted by Gasteiger charge is -2.29. The molecule has 158 valence electrons. The van der Waals surface area contributed by atoms with Crippen LogP contribution in [0.1, 0.15) is 5.56 Å². The van der Waals surface area contributed by atoms with Crippen molar-refractivity contribution in [3.05, 3.63) is 72.7 Å². The van der Waals surface area contributed by atoms with Crippen molar-refractivity contribution in [3.8, 4) is 24.0 Å². The summed E-state index contributed by atoms with van der Waals surface area (Å²) in [4.78, 5) is 15.7. The third kappa shape index (κ3) is 4.17. The summed E-state index contributed by atoms with van der Waals surface area (Å²) in [7, 11) is 0. The Morgan fingerprint density at radius 3 is 2.66 bits per heavy atom. The SMILES string of the molecule is C#Cc1cc(Nc2ncnc3ccc(N4CCNCC4)cc23)cnc1Oc1ccccc1. The van der Waals surface area contributed by atoms with Gasteiger partial charge in [-0.1, -0.05) is 24.1 Å². The van der Waals surface area contributed by atoms with E-state index in [-0.39, 0.29) is 0 Å². The predicted molar refractivity (Wildman–Crippen MR) is 127 cm³/mol. The number of piperazine rings is 1. The zero-order chi connectivity index (χ0) is 21.8. The van der Waals surface area contributed by atoms with Crippen molar-refractivity contribution in [3.63, 3.8) is 0 Å². The first-order chi connectivity index (χ1) is 15.8. The predicted octanol–water partition coefficient (Wildman–Crippen LogP) is 3.95. The number of hydrogen-bond donors (Lipinski definition) is 2. The number of hydrogen-bond acceptors (Lipinski definition) is 7. The van der Waals surface area contributed by atoms with Crippen LogP contribution in [0.15, 0.2) is 67.1 Å². The van der Waals surface area contributed by atoms with Crippen LogP contribution < -0.4 is 20.3 Å². The van der Waals surface area contributed by atoms with E-state index < -0.39 is 0 Å². The quantitative estimate of drug-likeness (QED) is 0.472. The first-order valence-electron chi connectivity index (χ1n) is 10.5. The molecule has 0 atom stereocenters. The van der Waals surface area contributed by atoms with Gasteiger partial charge >= 0.3 is 0 Å². The van der Waals surface area contributed by atoms with Gasteiger partial charge in [0.2, 0.25) is 5.88 Å². The molecule has 2 aromatic carbocycles. The fourth-order valence-corrected chi connectivity index (χ4v) is 3.71. The monoisotopic (exact) mass is 422 g/mol. The molecule has 0 aliphatic carbocycles. The van der Waals surface area contributed by atoms with E-state index in [1.165, 1.54) is 0 Å². The second kappa shape index (κ2) is 8.92. The number of aromatic nitrogens is 3. The van der Waals surface area contributed by atoms with Crippen LogP contribution in [0, 0.1) is 12.3 Å². The lowest BCUT2D eigenvalue weighted by Crippen LogP contribution is -2.43. The van der Waals surface area contributed by atoms with Crippen LogP contribution in [0.2, 0.25) is 0 Å². The molecule has 7 nitrogen and oxygen atoms in total. The average molecular weight is 422 g/mol.